The van der Waals surface area contributed by atoms with Gasteiger partial charge in [-0.25, -0.2) is 0 Å². The van der Waals surface area contributed by atoms with Gasteiger partial charge in [0.15, 0.2) is 0 Å². The van der Waals surface area contributed by atoms with Crippen molar-refractivity contribution in [1.29, 1.82) is 0 Å². The molecular formula is C28H48O4. The van der Waals surface area contributed by atoms with Crippen LogP contribution in [-0.4, -0.2) is 45.3 Å². The van der Waals surface area contributed by atoms with Crippen molar-refractivity contribution in [3.05, 3.63) is 12.2 Å². The molecular weight excluding hydrogens is 400 g/mol. The van der Waals surface area contributed by atoms with Gasteiger partial charge in [0.1, 0.15) is 0 Å². The molecule has 0 bridgehead atoms. The number of aliphatic hydroxyl groups excluding tert-OH is 4. The molecule has 0 aromatic heterocycles. The Morgan fingerprint density at radius 3 is 2.31 bits per heavy atom. The van der Waals surface area contributed by atoms with E-state index in [-0.39, 0.29) is 53.5 Å². The van der Waals surface area contributed by atoms with E-state index >= 15 is 0 Å². The van der Waals surface area contributed by atoms with Gasteiger partial charge in [0.2, 0.25) is 0 Å². The second kappa shape index (κ2) is 8.98. The maximum atomic E-state index is 11.4. The van der Waals surface area contributed by atoms with Crippen molar-refractivity contribution in [2.75, 3.05) is 6.61 Å². The third-order valence-electron chi connectivity index (χ3n) is 11.3. The lowest BCUT2D eigenvalue weighted by Crippen LogP contribution is -2.59. The molecule has 0 heterocycles. The van der Waals surface area contributed by atoms with Gasteiger partial charge in [0.05, 0.1) is 18.3 Å². The number of fused-ring (bicyclic) bond motifs is 5. The van der Waals surface area contributed by atoms with E-state index in [1.807, 2.05) is 6.92 Å². The zero-order chi connectivity index (χ0) is 23.4. The molecule has 32 heavy (non-hydrogen) atoms. The van der Waals surface area contributed by atoms with E-state index in [9.17, 15) is 20.4 Å². The van der Waals surface area contributed by atoms with E-state index in [2.05, 4.69) is 27.4 Å². The Labute approximate surface area is 195 Å². The van der Waals surface area contributed by atoms with Gasteiger partial charge in [-0.2, -0.15) is 0 Å². The largest absolute Gasteiger partial charge is 0.396 e. The molecule has 184 valence electrons. The Hall–Kier alpha value is -0.420. The Morgan fingerprint density at radius 2 is 1.62 bits per heavy atom. The molecule has 0 aromatic rings. The van der Waals surface area contributed by atoms with Crippen LogP contribution in [0.3, 0.4) is 0 Å². The van der Waals surface area contributed by atoms with Crippen LogP contribution in [0.2, 0.25) is 0 Å². The second-order valence-corrected chi connectivity index (χ2v) is 12.9. The van der Waals surface area contributed by atoms with Crippen LogP contribution < -0.4 is 0 Å². The standard InChI is InChI=1S/C28H48O4/c1-16(18(3)15-29)6-7-17(2)22-14-25(32)26-20-13-24(31)23-12-19(30)8-10-27(23,4)21(20)9-11-28(22,26)5/h17-26,29-32H,1,6-15H2,2-5H3/t17-,18-,19+,20?,21?,22?,23?,24-,25+,26?,27-,28-/m1/s1. The van der Waals surface area contributed by atoms with Crippen LogP contribution in [0.5, 0.6) is 0 Å². The van der Waals surface area contributed by atoms with E-state index in [1.54, 1.807) is 0 Å². The summed E-state index contributed by atoms with van der Waals surface area (Å²) < 4.78 is 0. The van der Waals surface area contributed by atoms with E-state index in [0.717, 1.165) is 50.5 Å². The van der Waals surface area contributed by atoms with Crippen LogP contribution in [0, 0.1) is 52.3 Å². The first kappa shape index (κ1) is 24.7. The minimum absolute atomic E-state index is 0.0878. The van der Waals surface area contributed by atoms with Crippen molar-refractivity contribution in [2.45, 2.75) is 104 Å². The van der Waals surface area contributed by atoms with Gasteiger partial charge in [0.25, 0.3) is 0 Å². The molecule has 12 atom stereocenters. The van der Waals surface area contributed by atoms with Crippen LogP contribution >= 0.6 is 0 Å². The van der Waals surface area contributed by atoms with E-state index in [4.69, 9.17) is 0 Å². The van der Waals surface area contributed by atoms with Crippen molar-refractivity contribution in [2.24, 2.45) is 52.3 Å². The Morgan fingerprint density at radius 1 is 0.938 bits per heavy atom. The monoisotopic (exact) mass is 448 g/mol. The summed E-state index contributed by atoms with van der Waals surface area (Å²) in [6.07, 6.45) is 7.73. The zero-order valence-corrected chi connectivity index (χ0v) is 20.8. The molecule has 0 aromatic carbocycles. The van der Waals surface area contributed by atoms with Crippen molar-refractivity contribution in [3.8, 4) is 0 Å². The zero-order valence-electron chi connectivity index (χ0n) is 20.8. The van der Waals surface area contributed by atoms with Crippen molar-refractivity contribution in [1.82, 2.24) is 0 Å². The van der Waals surface area contributed by atoms with Gasteiger partial charge >= 0.3 is 0 Å². The third kappa shape index (κ3) is 3.91. The first-order valence-electron chi connectivity index (χ1n) is 13.4. The summed E-state index contributed by atoms with van der Waals surface area (Å²) in [5.74, 6) is 2.57. The summed E-state index contributed by atoms with van der Waals surface area (Å²) in [5.41, 5.74) is 1.35. The third-order valence-corrected chi connectivity index (χ3v) is 11.3. The van der Waals surface area contributed by atoms with Gasteiger partial charge in [0, 0.05) is 6.61 Å². The van der Waals surface area contributed by atoms with Crippen molar-refractivity contribution < 1.29 is 20.4 Å². The lowest BCUT2D eigenvalue weighted by atomic mass is 9.43. The first-order chi connectivity index (χ1) is 15.0. The molecule has 0 amide bonds. The molecule has 0 spiro atoms. The average Bonchev–Trinajstić information content (AvgIpc) is 3.03. The molecule has 4 rings (SSSR count). The predicted octanol–water partition coefficient (Wildman–Crippen LogP) is 4.55. The molecule has 0 aliphatic heterocycles. The molecule has 4 nitrogen and oxygen atoms in total. The summed E-state index contributed by atoms with van der Waals surface area (Å²) >= 11 is 0. The fourth-order valence-corrected chi connectivity index (χ4v) is 9.26. The summed E-state index contributed by atoms with van der Waals surface area (Å²) in [4.78, 5) is 0. The highest BCUT2D eigenvalue weighted by Crippen LogP contribution is 2.68. The fraction of sp³-hybridized carbons (Fsp3) is 0.929. The van der Waals surface area contributed by atoms with Gasteiger partial charge in [-0.05, 0) is 110 Å². The highest BCUT2D eigenvalue weighted by Gasteiger charge is 2.64. The summed E-state index contributed by atoms with van der Waals surface area (Å²) in [6.45, 7) is 13.6. The summed E-state index contributed by atoms with van der Waals surface area (Å²) in [5, 5.41) is 42.3. The molecule has 0 radical (unpaired) electrons. The quantitative estimate of drug-likeness (QED) is 0.450. The number of aliphatic hydroxyl groups is 4. The van der Waals surface area contributed by atoms with Gasteiger partial charge in [-0.15, -0.1) is 0 Å². The Balaban J connectivity index is 1.52. The average molecular weight is 449 g/mol. The van der Waals surface area contributed by atoms with Crippen LogP contribution in [0.1, 0.15) is 85.5 Å². The summed E-state index contributed by atoms with van der Waals surface area (Å²) in [6, 6.07) is 0. The van der Waals surface area contributed by atoms with Gasteiger partial charge in [-0.1, -0.05) is 39.8 Å². The van der Waals surface area contributed by atoms with E-state index < -0.39 is 0 Å². The molecule has 0 saturated heterocycles. The SMILES string of the molecule is C=C(CC[C@@H](C)C1C[C@H](O)C2C3C[C@@H](O)C4C[C@@H](O)CC[C@]4(C)C3CC[C@]12C)[C@H](C)CO. The van der Waals surface area contributed by atoms with E-state index in [0.29, 0.717) is 23.7 Å². The van der Waals surface area contributed by atoms with Crippen LogP contribution in [0.15, 0.2) is 12.2 Å². The lowest BCUT2D eigenvalue weighted by Gasteiger charge is -2.62. The van der Waals surface area contributed by atoms with E-state index in [1.165, 1.54) is 12.8 Å². The molecule has 4 aliphatic rings. The van der Waals surface area contributed by atoms with Crippen LogP contribution in [0.25, 0.3) is 0 Å². The highest BCUT2D eigenvalue weighted by molar-refractivity contribution is 5.13. The molecule has 4 heteroatoms. The molecule has 4 fully saturated rings. The molecule has 5 unspecified atom stereocenters. The normalized spacial score (nSPS) is 50.1. The molecule has 4 N–H and O–H groups in total. The highest BCUT2D eigenvalue weighted by atomic mass is 16.3. The number of rotatable bonds is 6. The topological polar surface area (TPSA) is 80.9 Å². The minimum Gasteiger partial charge on any atom is -0.396 e. The minimum atomic E-state index is -0.356. The molecule has 4 aliphatic carbocycles. The number of hydrogen-bond donors (Lipinski definition) is 4. The maximum absolute atomic E-state index is 11.4. The maximum Gasteiger partial charge on any atom is 0.0579 e. The fourth-order valence-electron chi connectivity index (χ4n) is 9.26. The van der Waals surface area contributed by atoms with Crippen molar-refractivity contribution in [3.63, 3.8) is 0 Å². The molecule has 4 saturated carbocycles. The number of hydrogen-bond acceptors (Lipinski definition) is 4. The Kier molecular flexibility index (Phi) is 6.93. The first-order valence-corrected chi connectivity index (χ1v) is 13.4. The van der Waals surface area contributed by atoms with Crippen LogP contribution in [0.4, 0.5) is 0 Å². The van der Waals surface area contributed by atoms with Crippen molar-refractivity contribution >= 4 is 0 Å². The smallest absolute Gasteiger partial charge is 0.0579 e. The lowest BCUT2D eigenvalue weighted by molar-refractivity contribution is -0.181. The predicted molar refractivity (Wildman–Crippen MR) is 128 cm³/mol. The van der Waals surface area contributed by atoms with Gasteiger partial charge < -0.3 is 20.4 Å². The summed E-state index contributed by atoms with van der Waals surface area (Å²) in [7, 11) is 0. The second-order valence-electron chi connectivity index (χ2n) is 12.9. The van der Waals surface area contributed by atoms with Gasteiger partial charge in [-0.3, -0.25) is 0 Å². The Bertz CT molecular complexity index is 693. The van der Waals surface area contributed by atoms with Crippen LogP contribution in [-0.2, 0) is 0 Å².